The summed E-state index contributed by atoms with van der Waals surface area (Å²) in [5.41, 5.74) is -4.46. The zero-order chi connectivity index (χ0) is 17.9. The molecule has 1 saturated carbocycles. The lowest BCUT2D eigenvalue weighted by molar-refractivity contribution is -0.386. The van der Waals surface area contributed by atoms with Crippen LogP contribution in [0.5, 0.6) is 0 Å². The fraction of sp³-hybridized carbons (Fsp3) is 0.286. The zero-order valence-electron chi connectivity index (χ0n) is 12.0. The van der Waals surface area contributed by atoms with Gasteiger partial charge in [-0.3, -0.25) is 14.9 Å². The molecule has 0 amide bonds. The average Bonchev–Trinajstić information content (AvgIpc) is 3.22. The second-order valence-electron chi connectivity index (χ2n) is 5.49. The molecule has 1 heterocycles. The molecule has 10 heteroatoms. The van der Waals surface area contributed by atoms with Gasteiger partial charge in [0.15, 0.2) is 5.82 Å². The van der Waals surface area contributed by atoms with Crippen LogP contribution in [0.3, 0.4) is 0 Å². The SMILES string of the molecule is Cc1c(F)c(F)c([N+](=O)[O-])c2c(=O)c(C(=O)O)cn([C@@H]3C[C@H]3F)c12. The Morgan fingerprint density at radius 2 is 2.00 bits per heavy atom. The van der Waals surface area contributed by atoms with Crippen molar-refractivity contribution in [1.82, 2.24) is 4.57 Å². The lowest BCUT2D eigenvalue weighted by Gasteiger charge is -2.14. The molecule has 126 valence electrons. The number of nitrogens with zero attached hydrogens (tertiary/aromatic N) is 2. The molecule has 0 aliphatic heterocycles. The summed E-state index contributed by atoms with van der Waals surface area (Å²) in [5, 5.41) is 19.3. The molecule has 1 aliphatic carbocycles. The largest absolute Gasteiger partial charge is 0.477 e. The summed E-state index contributed by atoms with van der Waals surface area (Å²) in [5.74, 6) is -5.10. The molecule has 7 nitrogen and oxygen atoms in total. The third kappa shape index (κ3) is 2.06. The van der Waals surface area contributed by atoms with Crippen LogP contribution in [0.15, 0.2) is 11.0 Å². The van der Waals surface area contributed by atoms with Gasteiger partial charge in [0.25, 0.3) is 0 Å². The number of fused-ring (bicyclic) bond motifs is 1. The Hall–Kier alpha value is -2.91. The molecular weight excluding hydrogens is 333 g/mol. The number of benzene rings is 1. The fourth-order valence-electron chi connectivity index (χ4n) is 2.74. The van der Waals surface area contributed by atoms with Crippen molar-refractivity contribution in [2.45, 2.75) is 25.6 Å². The third-order valence-corrected chi connectivity index (χ3v) is 4.01. The van der Waals surface area contributed by atoms with Crippen molar-refractivity contribution >= 4 is 22.6 Å². The Kier molecular flexibility index (Phi) is 3.36. The number of aromatic nitrogens is 1. The number of carboxylic acid groups (broad SMARTS) is 1. The number of pyridine rings is 1. The van der Waals surface area contributed by atoms with Crippen LogP contribution < -0.4 is 5.43 Å². The van der Waals surface area contributed by atoms with Crippen LogP contribution in [0.4, 0.5) is 18.9 Å². The Labute approximate surface area is 131 Å². The fourth-order valence-corrected chi connectivity index (χ4v) is 2.74. The van der Waals surface area contributed by atoms with E-state index in [-0.39, 0.29) is 11.9 Å². The number of rotatable bonds is 3. The van der Waals surface area contributed by atoms with Crippen LogP contribution in [-0.4, -0.2) is 26.7 Å². The number of alkyl halides is 1. The van der Waals surface area contributed by atoms with Gasteiger partial charge < -0.3 is 9.67 Å². The summed E-state index contributed by atoms with van der Waals surface area (Å²) in [6.07, 6.45) is -0.585. The smallest absolute Gasteiger partial charge is 0.341 e. The van der Waals surface area contributed by atoms with Crippen LogP contribution in [-0.2, 0) is 0 Å². The number of nitro benzene ring substituents is 1. The van der Waals surface area contributed by atoms with E-state index in [1.54, 1.807) is 0 Å². The van der Waals surface area contributed by atoms with Crippen LogP contribution in [0.2, 0.25) is 0 Å². The summed E-state index contributed by atoms with van der Waals surface area (Å²) in [4.78, 5) is 33.4. The molecule has 0 spiro atoms. The van der Waals surface area contributed by atoms with Crippen molar-refractivity contribution in [1.29, 1.82) is 0 Å². The van der Waals surface area contributed by atoms with Crippen molar-refractivity contribution < 1.29 is 28.0 Å². The van der Waals surface area contributed by atoms with Crippen LogP contribution in [0, 0.1) is 28.7 Å². The van der Waals surface area contributed by atoms with E-state index in [0.717, 1.165) is 17.7 Å². The molecule has 0 saturated heterocycles. The highest BCUT2D eigenvalue weighted by atomic mass is 19.2. The Morgan fingerprint density at radius 1 is 1.42 bits per heavy atom. The molecule has 0 bridgehead atoms. The normalized spacial score (nSPS) is 19.5. The predicted molar refractivity (Wildman–Crippen MR) is 75.0 cm³/mol. The standard InChI is InChI=1S/C14H9F3N2O5/c1-4-9(16)10(17)12(19(23)24)8-11(4)18(7-2-6(7)15)3-5(13(8)20)14(21)22/h3,6-7H,2H2,1H3,(H,21,22)/t6-,7-/m1/s1. The van der Waals surface area contributed by atoms with E-state index in [1.807, 2.05) is 0 Å². The topological polar surface area (TPSA) is 102 Å². The lowest BCUT2D eigenvalue weighted by atomic mass is 10.0. The first-order valence-corrected chi connectivity index (χ1v) is 6.75. The summed E-state index contributed by atoms with van der Waals surface area (Å²) in [6, 6.07) is -0.894. The van der Waals surface area contributed by atoms with Crippen molar-refractivity contribution in [3.05, 3.63) is 49.3 Å². The summed E-state index contributed by atoms with van der Waals surface area (Å²) < 4.78 is 42.4. The second kappa shape index (κ2) is 5.05. The maximum Gasteiger partial charge on any atom is 0.341 e. The van der Waals surface area contributed by atoms with Crippen molar-refractivity contribution in [2.75, 3.05) is 0 Å². The van der Waals surface area contributed by atoms with Gasteiger partial charge in [-0.25, -0.2) is 13.6 Å². The minimum Gasteiger partial charge on any atom is -0.477 e. The highest BCUT2D eigenvalue weighted by molar-refractivity contribution is 5.97. The number of carbonyl (C=O) groups is 1. The van der Waals surface area contributed by atoms with E-state index in [4.69, 9.17) is 5.11 Å². The van der Waals surface area contributed by atoms with E-state index in [1.165, 1.54) is 0 Å². The van der Waals surface area contributed by atoms with Gasteiger partial charge in [0.2, 0.25) is 11.2 Å². The van der Waals surface area contributed by atoms with Gasteiger partial charge in [0, 0.05) is 18.2 Å². The highest BCUT2D eigenvalue weighted by Crippen LogP contribution is 2.42. The van der Waals surface area contributed by atoms with Gasteiger partial charge in [-0.2, -0.15) is 4.39 Å². The minimum atomic E-state index is -1.86. The van der Waals surface area contributed by atoms with E-state index in [0.29, 0.717) is 0 Å². The van der Waals surface area contributed by atoms with Crippen molar-refractivity contribution in [2.24, 2.45) is 0 Å². The Bertz CT molecular complexity index is 985. The Balaban J connectivity index is 2.62. The van der Waals surface area contributed by atoms with Crippen LogP contribution >= 0.6 is 0 Å². The first kappa shape index (κ1) is 16.0. The maximum atomic E-state index is 14.0. The van der Waals surface area contributed by atoms with Gasteiger partial charge in [-0.05, 0) is 6.92 Å². The molecule has 2 aromatic rings. The molecule has 1 N–H and O–H groups in total. The molecule has 0 unspecified atom stereocenters. The molecule has 2 atom stereocenters. The zero-order valence-corrected chi connectivity index (χ0v) is 12.0. The summed E-state index contributed by atoms with van der Waals surface area (Å²) in [7, 11) is 0. The quantitative estimate of drug-likeness (QED) is 0.682. The van der Waals surface area contributed by atoms with E-state index < -0.39 is 62.4 Å². The lowest BCUT2D eigenvalue weighted by Crippen LogP contribution is -2.21. The number of aromatic carboxylic acids is 1. The Morgan fingerprint density at radius 3 is 2.46 bits per heavy atom. The van der Waals surface area contributed by atoms with E-state index in [9.17, 15) is 32.9 Å². The van der Waals surface area contributed by atoms with E-state index >= 15 is 0 Å². The van der Waals surface area contributed by atoms with Crippen LogP contribution in [0.25, 0.3) is 10.9 Å². The van der Waals surface area contributed by atoms with Gasteiger partial charge in [-0.15, -0.1) is 0 Å². The number of hydrogen-bond acceptors (Lipinski definition) is 4. The minimum absolute atomic E-state index is 0.0245. The summed E-state index contributed by atoms with van der Waals surface area (Å²) in [6.45, 7) is 1.08. The molecular formula is C14H9F3N2O5. The number of aryl methyl sites for hydroxylation is 1. The molecule has 1 aliphatic rings. The number of nitro groups is 1. The summed E-state index contributed by atoms with van der Waals surface area (Å²) >= 11 is 0. The second-order valence-corrected chi connectivity index (χ2v) is 5.49. The molecule has 0 radical (unpaired) electrons. The van der Waals surface area contributed by atoms with E-state index in [2.05, 4.69) is 0 Å². The van der Waals surface area contributed by atoms with Gasteiger partial charge in [0.05, 0.1) is 16.5 Å². The first-order chi connectivity index (χ1) is 11.2. The predicted octanol–water partition coefficient (Wildman–Crippen LogP) is 2.48. The molecule has 1 aromatic carbocycles. The van der Waals surface area contributed by atoms with Crippen molar-refractivity contribution in [3.8, 4) is 0 Å². The number of carboxylic acids is 1. The molecule has 1 fully saturated rings. The molecule has 3 rings (SSSR count). The number of hydrogen-bond donors (Lipinski definition) is 1. The molecule has 24 heavy (non-hydrogen) atoms. The first-order valence-electron chi connectivity index (χ1n) is 6.75. The average molecular weight is 342 g/mol. The highest BCUT2D eigenvalue weighted by Gasteiger charge is 2.42. The van der Waals surface area contributed by atoms with Gasteiger partial charge in [0.1, 0.15) is 17.1 Å². The van der Waals surface area contributed by atoms with Crippen molar-refractivity contribution in [3.63, 3.8) is 0 Å². The van der Waals surface area contributed by atoms with Crippen LogP contribution in [0.1, 0.15) is 28.4 Å². The monoisotopic (exact) mass is 342 g/mol. The number of halogens is 3. The maximum absolute atomic E-state index is 14.0. The third-order valence-electron chi connectivity index (χ3n) is 4.01. The van der Waals surface area contributed by atoms with Gasteiger partial charge in [-0.1, -0.05) is 0 Å². The van der Waals surface area contributed by atoms with Gasteiger partial charge >= 0.3 is 11.7 Å². The molecule has 1 aromatic heterocycles.